The number of carbonyl (C=O) groups excluding carboxylic acids is 1. The molecule has 0 aliphatic rings. The monoisotopic (exact) mass is 255 g/mol. The van der Waals surface area contributed by atoms with Gasteiger partial charge < -0.3 is 4.74 Å². The molecule has 98 valence electrons. The number of ketones is 1. The number of carbonyl (C=O) groups is 1. The molecule has 1 heterocycles. The van der Waals surface area contributed by atoms with Gasteiger partial charge in [-0.05, 0) is 37.6 Å². The summed E-state index contributed by atoms with van der Waals surface area (Å²) in [6.07, 6.45) is 3.87. The lowest BCUT2D eigenvalue weighted by Gasteiger charge is -2.10. The summed E-state index contributed by atoms with van der Waals surface area (Å²) < 4.78 is 5.59. The first-order valence-corrected chi connectivity index (χ1v) is 6.34. The molecular formula is C16H17NO2. The topological polar surface area (TPSA) is 39.2 Å². The van der Waals surface area contributed by atoms with Crippen molar-refractivity contribution in [2.24, 2.45) is 0 Å². The van der Waals surface area contributed by atoms with Gasteiger partial charge in [0.1, 0.15) is 5.75 Å². The van der Waals surface area contributed by atoms with E-state index in [1.165, 1.54) is 0 Å². The summed E-state index contributed by atoms with van der Waals surface area (Å²) in [6, 6.07) is 11.0. The highest BCUT2D eigenvalue weighted by atomic mass is 16.5. The molecule has 0 amide bonds. The molecule has 0 N–H and O–H groups in total. The van der Waals surface area contributed by atoms with Gasteiger partial charge in [-0.1, -0.05) is 18.2 Å². The number of hydrogen-bond donors (Lipinski definition) is 0. The second-order valence-corrected chi connectivity index (χ2v) is 4.66. The zero-order valence-corrected chi connectivity index (χ0v) is 11.2. The van der Waals surface area contributed by atoms with Gasteiger partial charge in [-0.25, -0.2) is 0 Å². The minimum atomic E-state index is 0.0715. The van der Waals surface area contributed by atoms with Crippen molar-refractivity contribution < 1.29 is 9.53 Å². The Kier molecular flexibility index (Phi) is 4.29. The molecule has 0 bridgehead atoms. The molecule has 0 fully saturated rings. The molecular weight excluding hydrogens is 238 g/mol. The van der Waals surface area contributed by atoms with Crippen molar-refractivity contribution in [2.45, 2.75) is 26.4 Å². The van der Waals surface area contributed by atoms with Crippen LogP contribution in [0.2, 0.25) is 0 Å². The normalized spacial score (nSPS) is 10.5. The Balaban J connectivity index is 2.11. The van der Waals surface area contributed by atoms with E-state index in [0.717, 1.165) is 11.3 Å². The number of nitrogens with zero attached hydrogens (tertiary/aromatic N) is 1. The van der Waals surface area contributed by atoms with E-state index < -0.39 is 0 Å². The van der Waals surface area contributed by atoms with Crippen molar-refractivity contribution in [1.82, 2.24) is 4.98 Å². The first kappa shape index (κ1) is 13.3. The quantitative estimate of drug-likeness (QED) is 0.769. The molecule has 1 aromatic heterocycles. The summed E-state index contributed by atoms with van der Waals surface area (Å²) in [6.45, 7) is 3.92. The van der Waals surface area contributed by atoms with Crippen molar-refractivity contribution in [1.29, 1.82) is 0 Å². The maximum atomic E-state index is 12.2. The number of Topliss-reactive ketones (excluding diaryl/α,β-unsaturated/α-hetero) is 1. The van der Waals surface area contributed by atoms with Gasteiger partial charge in [0.05, 0.1) is 6.10 Å². The molecule has 2 aromatic rings. The van der Waals surface area contributed by atoms with Gasteiger partial charge in [0, 0.05) is 24.4 Å². The van der Waals surface area contributed by atoms with Gasteiger partial charge in [-0.3, -0.25) is 9.78 Å². The van der Waals surface area contributed by atoms with Gasteiger partial charge in [0.15, 0.2) is 5.78 Å². The number of benzene rings is 1. The highest BCUT2D eigenvalue weighted by Gasteiger charge is 2.08. The van der Waals surface area contributed by atoms with Crippen molar-refractivity contribution in [3.8, 4) is 5.75 Å². The largest absolute Gasteiger partial charge is 0.491 e. The molecule has 0 saturated heterocycles. The molecule has 3 nitrogen and oxygen atoms in total. The van der Waals surface area contributed by atoms with Crippen LogP contribution < -0.4 is 4.74 Å². The third-order valence-corrected chi connectivity index (χ3v) is 2.62. The molecule has 0 aliphatic heterocycles. The predicted octanol–water partition coefficient (Wildman–Crippen LogP) is 3.29. The number of rotatable bonds is 5. The van der Waals surface area contributed by atoms with Crippen LogP contribution in [-0.2, 0) is 6.42 Å². The minimum Gasteiger partial charge on any atom is -0.491 e. The second kappa shape index (κ2) is 6.14. The van der Waals surface area contributed by atoms with Crippen LogP contribution in [0.25, 0.3) is 0 Å². The van der Waals surface area contributed by atoms with Crippen LogP contribution >= 0.6 is 0 Å². The second-order valence-electron chi connectivity index (χ2n) is 4.66. The summed E-state index contributed by atoms with van der Waals surface area (Å²) in [5.41, 5.74) is 1.59. The van der Waals surface area contributed by atoms with E-state index in [4.69, 9.17) is 4.74 Å². The Hall–Kier alpha value is -2.16. The van der Waals surface area contributed by atoms with E-state index >= 15 is 0 Å². The highest BCUT2D eigenvalue weighted by molar-refractivity contribution is 5.97. The van der Waals surface area contributed by atoms with Crippen LogP contribution in [0.1, 0.15) is 29.8 Å². The van der Waals surface area contributed by atoms with E-state index in [2.05, 4.69) is 4.98 Å². The van der Waals surface area contributed by atoms with E-state index in [1.807, 2.05) is 44.2 Å². The molecule has 0 aliphatic carbocycles. The number of hydrogen-bond acceptors (Lipinski definition) is 3. The van der Waals surface area contributed by atoms with Crippen LogP contribution in [0, 0.1) is 0 Å². The molecule has 3 heteroatoms. The molecule has 0 unspecified atom stereocenters. The first-order valence-electron chi connectivity index (χ1n) is 6.34. The van der Waals surface area contributed by atoms with Crippen LogP contribution in [0.4, 0.5) is 0 Å². The van der Waals surface area contributed by atoms with E-state index in [9.17, 15) is 4.79 Å². The zero-order valence-electron chi connectivity index (χ0n) is 11.2. The fourth-order valence-electron chi connectivity index (χ4n) is 1.81. The molecule has 0 atom stereocenters. The van der Waals surface area contributed by atoms with E-state index in [1.54, 1.807) is 18.5 Å². The fraction of sp³-hybridized carbons (Fsp3) is 0.250. The van der Waals surface area contributed by atoms with Gasteiger partial charge in [0.2, 0.25) is 0 Å². The summed E-state index contributed by atoms with van der Waals surface area (Å²) in [5.74, 6) is 0.800. The molecule has 2 rings (SSSR count). The van der Waals surface area contributed by atoms with Crippen LogP contribution in [0.15, 0.2) is 48.8 Å². The third-order valence-electron chi connectivity index (χ3n) is 2.62. The third kappa shape index (κ3) is 3.91. The molecule has 0 spiro atoms. The highest BCUT2D eigenvalue weighted by Crippen LogP contribution is 2.16. The van der Waals surface area contributed by atoms with Gasteiger partial charge in [0.25, 0.3) is 0 Å². The van der Waals surface area contributed by atoms with E-state index in [-0.39, 0.29) is 11.9 Å². The van der Waals surface area contributed by atoms with Crippen LogP contribution in [0.3, 0.4) is 0 Å². The summed E-state index contributed by atoms with van der Waals surface area (Å²) in [5, 5.41) is 0. The molecule has 0 radical (unpaired) electrons. The Morgan fingerprint density at radius 3 is 2.79 bits per heavy atom. The fourth-order valence-corrected chi connectivity index (χ4v) is 1.81. The Morgan fingerprint density at radius 2 is 2.11 bits per heavy atom. The summed E-state index contributed by atoms with van der Waals surface area (Å²) in [4.78, 5) is 16.2. The van der Waals surface area contributed by atoms with Crippen LogP contribution in [0.5, 0.6) is 5.75 Å². The maximum absolute atomic E-state index is 12.2. The summed E-state index contributed by atoms with van der Waals surface area (Å²) >= 11 is 0. The molecule has 0 saturated carbocycles. The van der Waals surface area contributed by atoms with Gasteiger partial charge in [-0.2, -0.15) is 0 Å². The average molecular weight is 255 g/mol. The maximum Gasteiger partial charge on any atom is 0.167 e. The van der Waals surface area contributed by atoms with Crippen molar-refractivity contribution >= 4 is 5.78 Å². The predicted molar refractivity (Wildman–Crippen MR) is 74.5 cm³/mol. The van der Waals surface area contributed by atoms with E-state index in [0.29, 0.717) is 12.0 Å². The average Bonchev–Trinajstić information content (AvgIpc) is 2.39. The lowest BCUT2D eigenvalue weighted by Crippen LogP contribution is -2.07. The van der Waals surface area contributed by atoms with Crippen molar-refractivity contribution in [3.63, 3.8) is 0 Å². The van der Waals surface area contributed by atoms with Crippen molar-refractivity contribution in [2.75, 3.05) is 0 Å². The SMILES string of the molecule is CC(C)Oc1cccc(C(=O)Cc2cccnc2)c1. The first-order chi connectivity index (χ1) is 9.15. The van der Waals surface area contributed by atoms with Crippen LogP contribution in [-0.4, -0.2) is 16.9 Å². The minimum absolute atomic E-state index is 0.0715. The van der Waals surface area contributed by atoms with Gasteiger partial charge in [-0.15, -0.1) is 0 Å². The zero-order chi connectivity index (χ0) is 13.7. The smallest absolute Gasteiger partial charge is 0.167 e. The lowest BCUT2D eigenvalue weighted by molar-refractivity contribution is 0.0992. The summed E-state index contributed by atoms with van der Waals surface area (Å²) in [7, 11) is 0. The Labute approximate surface area is 113 Å². The van der Waals surface area contributed by atoms with Gasteiger partial charge >= 0.3 is 0 Å². The molecule has 1 aromatic carbocycles. The number of aromatic nitrogens is 1. The van der Waals surface area contributed by atoms with Crippen molar-refractivity contribution in [3.05, 3.63) is 59.9 Å². The number of ether oxygens (including phenoxy) is 1. The standard InChI is InChI=1S/C16H17NO2/c1-12(2)19-15-7-3-6-14(10-15)16(18)9-13-5-4-8-17-11-13/h3-8,10-12H,9H2,1-2H3. The Bertz CT molecular complexity index is 550. The number of pyridine rings is 1. The lowest BCUT2D eigenvalue weighted by atomic mass is 10.0. The Morgan fingerprint density at radius 1 is 1.26 bits per heavy atom. The molecule has 19 heavy (non-hydrogen) atoms.